The molecule has 37 heavy (non-hydrogen) atoms. The Bertz CT molecular complexity index is 1260. The smallest absolute Gasteiger partial charge is 0.319 e. The van der Waals surface area contributed by atoms with Crippen LogP contribution in [0.15, 0.2) is 71.5 Å². The molecule has 1 aliphatic rings. The largest absolute Gasteiger partial charge is 0.481 e. The minimum absolute atomic E-state index is 0.0272. The summed E-state index contributed by atoms with van der Waals surface area (Å²) in [4.78, 5) is 50.5. The molecule has 0 radical (unpaired) electrons. The number of aliphatic carboxylic acids is 1. The van der Waals surface area contributed by atoms with Gasteiger partial charge in [0.15, 0.2) is 5.78 Å². The Hall–Kier alpha value is -4.60. The van der Waals surface area contributed by atoms with Gasteiger partial charge in [-0.25, -0.2) is 4.79 Å². The Morgan fingerprint density at radius 1 is 1.05 bits per heavy atom. The molecule has 10 nitrogen and oxygen atoms in total. The van der Waals surface area contributed by atoms with Crippen LogP contribution in [0.5, 0.6) is 0 Å². The van der Waals surface area contributed by atoms with E-state index in [9.17, 15) is 19.2 Å². The predicted octanol–water partition coefficient (Wildman–Crippen LogP) is 3.26. The summed E-state index contributed by atoms with van der Waals surface area (Å²) in [5.41, 5.74) is 3.98. The van der Waals surface area contributed by atoms with E-state index in [1.54, 1.807) is 6.07 Å². The Morgan fingerprint density at radius 3 is 2.59 bits per heavy atom. The van der Waals surface area contributed by atoms with E-state index in [1.807, 2.05) is 53.4 Å². The zero-order valence-electron chi connectivity index (χ0n) is 20.1. The third kappa shape index (κ3) is 7.20. The molecule has 2 aromatic carbocycles. The van der Waals surface area contributed by atoms with Gasteiger partial charge in [0, 0.05) is 30.0 Å². The number of carboxylic acids is 1. The zero-order valence-corrected chi connectivity index (χ0v) is 20.1. The molecule has 0 spiro atoms. The van der Waals surface area contributed by atoms with Crippen molar-refractivity contribution in [3.63, 3.8) is 0 Å². The number of fused-ring (bicyclic) bond motifs is 1. The predicted molar refractivity (Wildman–Crippen MR) is 136 cm³/mol. The Kier molecular flexibility index (Phi) is 8.19. The van der Waals surface area contributed by atoms with Crippen molar-refractivity contribution in [2.45, 2.75) is 31.8 Å². The second-order valence-corrected chi connectivity index (χ2v) is 8.80. The first-order valence-corrected chi connectivity index (χ1v) is 11.9. The summed E-state index contributed by atoms with van der Waals surface area (Å²) in [6.45, 7) is 1.04. The van der Waals surface area contributed by atoms with E-state index in [2.05, 4.69) is 16.0 Å². The number of furan rings is 1. The average molecular weight is 505 g/mol. The molecule has 0 saturated heterocycles. The molecule has 0 aliphatic carbocycles. The average Bonchev–Trinajstić information content (AvgIpc) is 3.53. The summed E-state index contributed by atoms with van der Waals surface area (Å²) >= 11 is 0. The number of Topliss-reactive ketones (excluding diaryl/α,β-unsaturated/α-hetero) is 1. The van der Waals surface area contributed by atoms with Crippen LogP contribution in [0.2, 0.25) is 0 Å². The quantitative estimate of drug-likeness (QED) is 0.294. The van der Waals surface area contributed by atoms with E-state index in [0.29, 0.717) is 24.3 Å². The van der Waals surface area contributed by atoms with Crippen molar-refractivity contribution < 1.29 is 28.7 Å². The highest BCUT2D eigenvalue weighted by Crippen LogP contribution is 2.31. The number of anilines is 2. The second kappa shape index (κ2) is 11.9. The molecule has 4 rings (SSSR count). The van der Waals surface area contributed by atoms with Crippen LogP contribution in [-0.4, -0.2) is 41.9 Å². The molecule has 3 amide bonds. The van der Waals surface area contributed by atoms with Gasteiger partial charge in [-0.15, -0.1) is 0 Å². The van der Waals surface area contributed by atoms with Crippen molar-refractivity contribution in [1.29, 1.82) is 0 Å². The third-order valence-electron chi connectivity index (χ3n) is 6.02. The Balaban J connectivity index is 1.30. The van der Waals surface area contributed by atoms with Crippen molar-refractivity contribution in [1.82, 2.24) is 10.6 Å². The van der Waals surface area contributed by atoms with Crippen molar-refractivity contribution in [3.05, 3.63) is 83.8 Å². The molecule has 192 valence electrons. The maximum atomic E-state index is 12.7. The van der Waals surface area contributed by atoms with Gasteiger partial charge >= 0.3 is 12.0 Å². The number of nitrogens with one attached hydrogen (secondary N) is 3. The minimum atomic E-state index is -1.08. The number of ketones is 1. The fourth-order valence-corrected chi connectivity index (χ4v) is 4.23. The minimum Gasteiger partial charge on any atom is -0.481 e. The van der Waals surface area contributed by atoms with Crippen LogP contribution in [0.1, 0.15) is 35.6 Å². The second-order valence-electron chi connectivity index (χ2n) is 8.80. The van der Waals surface area contributed by atoms with Crippen molar-refractivity contribution in [3.8, 4) is 0 Å². The summed E-state index contributed by atoms with van der Waals surface area (Å²) in [5.74, 6) is -1.93. The Labute approximate surface area is 213 Å². The summed E-state index contributed by atoms with van der Waals surface area (Å²) in [5, 5.41) is 17.4. The highest BCUT2D eigenvalue weighted by Gasteiger charge is 2.24. The summed E-state index contributed by atoms with van der Waals surface area (Å²) in [7, 11) is 0. The van der Waals surface area contributed by atoms with Gasteiger partial charge in [0.1, 0.15) is 0 Å². The molecular formula is C27H28N4O6. The topological polar surface area (TPSA) is 141 Å². The third-order valence-corrected chi connectivity index (χ3v) is 6.02. The zero-order chi connectivity index (χ0) is 26.2. The van der Waals surface area contributed by atoms with Gasteiger partial charge < -0.3 is 30.4 Å². The number of carbonyl (C=O) groups is 4. The van der Waals surface area contributed by atoms with Crippen LogP contribution >= 0.6 is 0 Å². The lowest BCUT2D eigenvalue weighted by molar-refractivity contribution is -0.137. The molecule has 4 N–H and O–H groups in total. The maximum Gasteiger partial charge on any atom is 0.319 e. The molecule has 3 aromatic rings. The standard InChI is InChI=1S/C27H28N4O6/c32-22(13-25(33)30-23(14-26(34)35)20-9-11-37-17-20)16-31-10-8-19-6-7-21(12-24(19)31)29-27(36)28-15-18-4-2-1-3-5-18/h1-7,9,11-12,17,23H,8,10,13-16H2,(H,30,33)(H,34,35)(H2,28,29,36). The number of urea groups is 1. The summed E-state index contributed by atoms with van der Waals surface area (Å²) < 4.78 is 4.98. The lowest BCUT2D eigenvalue weighted by atomic mass is 10.1. The first-order chi connectivity index (χ1) is 17.9. The number of rotatable bonds is 11. The number of amides is 3. The molecule has 0 saturated carbocycles. The van der Waals surface area contributed by atoms with E-state index in [1.165, 1.54) is 12.5 Å². The van der Waals surface area contributed by atoms with Crippen LogP contribution in [0.3, 0.4) is 0 Å². The molecule has 2 heterocycles. The number of carboxylic acid groups (broad SMARTS) is 1. The van der Waals surface area contributed by atoms with Crippen LogP contribution in [0.4, 0.5) is 16.2 Å². The van der Waals surface area contributed by atoms with Gasteiger partial charge in [0.05, 0.1) is 38.0 Å². The fraction of sp³-hybridized carbons (Fsp3) is 0.259. The molecule has 0 fully saturated rings. The highest BCUT2D eigenvalue weighted by atomic mass is 16.4. The van der Waals surface area contributed by atoms with Gasteiger partial charge in [0.25, 0.3) is 0 Å². The van der Waals surface area contributed by atoms with Gasteiger partial charge in [-0.2, -0.15) is 0 Å². The lowest BCUT2D eigenvalue weighted by Gasteiger charge is -2.20. The van der Waals surface area contributed by atoms with Crippen molar-refractivity contribution in [2.75, 3.05) is 23.3 Å². The van der Waals surface area contributed by atoms with Crippen LogP contribution in [0, 0.1) is 0 Å². The van der Waals surface area contributed by atoms with E-state index < -0.39 is 17.9 Å². The number of nitrogens with zero attached hydrogens (tertiary/aromatic N) is 1. The Morgan fingerprint density at radius 2 is 1.86 bits per heavy atom. The van der Waals surface area contributed by atoms with Crippen LogP contribution < -0.4 is 20.9 Å². The first-order valence-electron chi connectivity index (χ1n) is 11.9. The van der Waals surface area contributed by atoms with Gasteiger partial charge in [-0.3, -0.25) is 14.4 Å². The molecule has 1 aromatic heterocycles. The number of benzene rings is 2. The van der Waals surface area contributed by atoms with Crippen molar-refractivity contribution >= 4 is 35.1 Å². The molecular weight excluding hydrogens is 476 g/mol. The number of hydrogen-bond acceptors (Lipinski definition) is 6. The normalized spacial score (nSPS) is 12.9. The molecule has 0 bridgehead atoms. The van der Waals surface area contributed by atoms with Crippen LogP contribution in [-0.2, 0) is 27.3 Å². The lowest BCUT2D eigenvalue weighted by Crippen LogP contribution is -2.35. The van der Waals surface area contributed by atoms with Crippen LogP contribution in [0.25, 0.3) is 0 Å². The molecule has 1 aliphatic heterocycles. The van der Waals surface area contributed by atoms with Gasteiger partial charge in [-0.1, -0.05) is 36.4 Å². The van der Waals surface area contributed by atoms with E-state index in [0.717, 1.165) is 23.2 Å². The van der Waals surface area contributed by atoms with Crippen molar-refractivity contribution in [2.24, 2.45) is 0 Å². The summed E-state index contributed by atoms with van der Waals surface area (Å²) in [6.07, 6.45) is 2.80. The highest BCUT2D eigenvalue weighted by molar-refractivity contribution is 6.00. The first kappa shape index (κ1) is 25.5. The summed E-state index contributed by atoms with van der Waals surface area (Å²) in [6, 6.07) is 15.6. The van der Waals surface area contributed by atoms with Gasteiger partial charge in [0.2, 0.25) is 5.91 Å². The van der Waals surface area contributed by atoms with E-state index in [-0.39, 0.29) is 31.2 Å². The monoisotopic (exact) mass is 504 g/mol. The SMILES string of the molecule is O=C(O)CC(NC(=O)CC(=O)CN1CCc2ccc(NC(=O)NCc3ccccc3)cc21)c1ccoc1. The maximum absolute atomic E-state index is 12.7. The molecule has 1 atom stereocenters. The van der Waals surface area contributed by atoms with Gasteiger partial charge in [-0.05, 0) is 35.7 Å². The molecule has 1 unspecified atom stereocenters. The fourth-order valence-electron chi connectivity index (χ4n) is 4.23. The van der Waals surface area contributed by atoms with E-state index in [4.69, 9.17) is 9.52 Å². The van der Waals surface area contributed by atoms with E-state index >= 15 is 0 Å². The number of hydrogen-bond donors (Lipinski definition) is 4. The molecule has 10 heteroatoms. The number of carbonyl (C=O) groups excluding carboxylic acids is 3.